The molecule has 1 heterocycles. The fourth-order valence-electron chi connectivity index (χ4n) is 1.40. The normalized spacial score (nSPS) is 13.8. The molecule has 0 saturated carbocycles. The van der Waals surface area contributed by atoms with Gasteiger partial charge < -0.3 is 10.7 Å². The van der Waals surface area contributed by atoms with E-state index in [0.717, 1.165) is 0 Å². The molecule has 1 aromatic rings. The van der Waals surface area contributed by atoms with Crippen LogP contribution in [0.5, 0.6) is 0 Å². The van der Waals surface area contributed by atoms with Crippen LogP contribution in [0, 0.1) is 11.3 Å². The number of hydrogen-bond acceptors (Lipinski definition) is 4. The van der Waals surface area contributed by atoms with Gasteiger partial charge in [-0.1, -0.05) is 13.8 Å². The van der Waals surface area contributed by atoms with Gasteiger partial charge in [-0.2, -0.15) is 4.31 Å². The van der Waals surface area contributed by atoms with Crippen LogP contribution in [0.25, 0.3) is 0 Å². The van der Waals surface area contributed by atoms with Crippen LogP contribution >= 0.6 is 0 Å². The van der Waals surface area contributed by atoms with Crippen LogP contribution in [-0.4, -0.2) is 42.1 Å². The molecule has 0 radical (unpaired) electrons. The van der Waals surface area contributed by atoms with Gasteiger partial charge in [0, 0.05) is 25.9 Å². The molecule has 0 aliphatic heterocycles. The van der Waals surface area contributed by atoms with Gasteiger partial charge in [0.15, 0.2) is 5.03 Å². The molecule has 0 aromatic carbocycles. The summed E-state index contributed by atoms with van der Waals surface area (Å²) in [5.41, 5.74) is 5.33. The summed E-state index contributed by atoms with van der Waals surface area (Å²) in [6.07, 6.45) is 1.95. The molecule has 0 spiro atoms. The highest BCUT2D eigenvalue weighted by Crippen LogP contribution is 2.13. The van der Waals surface area contributed by atoms with Crippen molar-refractivity contribution in [2.24, 2.45) is 11.7 Å². The molecule has 4 N–H and O–H groups in total. The Kier molecular flexibility index (Phi) is 4.47. The molecule has 1 rings (SSSR count). The minimum atomic E-state index is -3.59. The van der Waals surface area contributed by atoms with Crippen molar-refractivity contribution in [3.63, 3.8) is 0 Å². The number of nitrogens with two attached hydrogens (primary N) is 1. The average Bonchev–Trinajstić information content (AvgIpc) is 2.77. The molecule has 1 aromatic heterocycles. The number of H-pyrrole nitrogens is 1. The maximum atomic E-state index is 12.2. The summed E-state index contributed by atoms with van der Waals surface area (Å²) in [6.45, 7) is 3.76. The molecule has 0 aliphatic carbocycles. The number of aromatic nitrogens is 2. The van der Waals surface area contributed by atoms with Crippen molar-refractivity contribution in [1.29, 1.82) is 5.41 Å². The molecule has 8 heteroatoms. The molecule has 1 unspecified atom stereocenters. The molecule has 1 atom stereocenters. The Bertz CT molecular complexity index is 522. The molecule has 0 bridgehead atoms. The number of nitrogens with one attached hydrogen (secondary N) is 2. The third-order valence-corrected chi connectivity index (χ3v) is 4.42. The van der Waals surface area contributed by atoms with E-state index in [2.05, 4.69) is 9.97 Å². The Hall–Kier alpha value is -1.41. The molecule has 0 saturated heterocycles. The zero-order valence-corrected chi connectivity index (χ0v) is 11.6. The Morgan fingerprint density at radius 1 is 1.67 bits per heavy atom. The molecule has 102 valence electrons. The Morgan fingerprint density at radius 2 is 2.28 bits per heavy atom. The van der Waals surface area contributed by atoms with Gasteiger partial charge >= 0.3 is 0 Å². The standard InChI is InChI=1S/C10H19N5O2S/c1-4-8-13-5-9(14-8)18(16,17)15(3)6-7(2)10(11)12/h5,7H,4,6H2,1-3H3,(H3,11,12)(H,13,14). The highest BCUT2D eigenvalue weighted by molar-refractivity contribution is 7.89. The van der Waals surface area contributed by atoms with Crippen molar-refractivity contribution in [1.82, 2.24) is 14.3 Å². The van der Waals surface area contributed by atoms with E-state index in [1.54, 1.807) is 6.92 Å². The minimum absolute atomic E-state index is 0.0316. The van der Waals surface area contributed by atoms with E-state index in [9.17, 15) is 8.42 Å². The van der Waals surface area contributed by atoms with Crippen LogP contribution in [0.1, 0.15) is 19.7 Å². The van der Waals surface area contributed by atoms with Crippen LogP contribution in [0.3, 0.4) is 0 Å². The molecule has 7 nitrogen and oxygen atoms in total. The lowest BCUT2D eigenvalue weighted by molar-refractivity contribution is 0.441. The summed E-state index contributed by atoms with van der Waals surface area (Å²) in [6, 6.07) is 0. The molecule has 0 amide bonds. The molecule has 0 aliphatic rings. The Morgan fingerprint density at radius 3 is 2.72 bits per heavy atom. The second kappa shape index (κ2) is 5.49. The van der Waals surface area contributed by atoms with Crippen molar-refractivity contribution in [3.8, 4) is 0 Å². The van der Waals surface area contributed by atoms with Gasteiger partial charge in [-0.05, 0) is 0 Å². The Balaban J connectivity index is 2.89. The van der Waals surface area contributed by atoms with Crippen LogP contribution in [-0.2, 0) is 16.4 Å². The first-order chi connectivity index (χ1) is 8.28. The van der Waals surface area contributed by atoms with Gasteiger partial charge in [-0.3, -0.25) is 5.41 Å². The monoisotopic (exact) mass is 273 g/mol. The molecule has 18 heavy (non-hydrogen) atoms. The number of amidine groups is 1. The van der Waals surface area contributed by atoms with Crippen molar-refractivity contribution in [2.75, 3.05) is 13.6 Å². The quantitative estimate of drug-likeness (QED) is 0.506. The zero-order chi connectivity index (χ0) is 13.9. The van der Waals surface area contributed by atoms with Gasteiger partial charge in [0.25, 0.3) is 10.0 Å². The molecule has 0 fully saturated rings. The van der Waals surface area contributed by atoms with Crippen molar-refractivity contribution >= 4 is 15.9 Å². The highest BCUT2D eigenvalue weighted by Gasteiger charge is 2.25. The number of hydrogen-bond donors (Lipinski definition) is 3. The van der Waals surface area contributed by atoms with E-state index in [0.29, 0.717) is 12.2 Å². The van der Waals surface area contributed by atoms with E-state index in [4.69, 9.17) is 11.1 Å². The number of aromatic amines is 1. The van der Waals surface area contributed by atoms with E-state index in [-0.39, 0.29) is 23.3 Å². The smallest absolute Gasteiger partial charge is 0.259 e. The topological polar surface area (TPSA) is 116 Å². The minimum Gasteiger partial charge on any atom is -0.387 e. The maximum absolute atomic E-state index is 12.2. The fourth-order valence-corrected chi connectivity index (χ4v) is 2.59. The summed E-state index contributed by atoms with van der Waals surface area (Å²) < 4.78 is 25.5. The second-order valence-corrected chi connectivity index (χ2v) is 6.20. The van der Waals surface area contributed by atoms with Gasteiger partial charge in [0.1, 0.15) is 5.82 Å². The lowest BCUT2D eigenvalue weighted by Crippen LogP contribution is -2.36. The van der Waals surface area contributed by atoms with Crippen LogP contribution in [0.2, 0.25) is 0 Å². The van der Waals surface area contributed by atoms with Gasteiger partial charge in [-0.25, -0.2) is 13.4 Å². The van der Waals surface area contributed by atoms with Gasteiger partial charge in [-0.15, -0.1) is 0 Å². The first-order valence-electron chi connectivity index (χ1n) is 5.63. The third-order valence-electron chi connectivity index (χ3n) is 2.69. The summed E-state index contributed by atoms with van der Waals surface area (Å²) in [7, 11) is -2.13. The van der Waals surface area contributed by atoms with E-state index in [1.165, 1.54) is 17.5 Å². The van der Waals surface area contributed by atoms with Crippen molar-refractivity contribution in [2.45, 2.75) is 25.3 Å². The predicted molar refractivity (Wildman–Crippen MR) is 68.9 cm³/mol. The van der Waals surface area contributed by atoms with Crippen molar-refractivity contribution < 1.29 is 8.42 Å². The second-order valence-electron chi connectivity index (χ2n) is 4.19. The van der Waals surface area contributed by atoms with Gasteiger partial charge in [0.2, 0.25) is 0 Å². The maximum Gasteiger partial charge on any atom is 0.259 e. The highest BCUT2D eigenvalue weighted by atomic mass is 32.2. The SMILES string of the molecule is CCc1ncc(S(=O)(=O)N(C)CC(C)C(=N)N)[nH]1. The van der Waals surface area contributed by atoms with Gasteiger partial charge in [0.05, 0.1) is 12.0 Å². The first-order valence-corrected chi connectivity index (χ1v) is 7.07. The van der Waals surface area contributed by atoms with Crippen LogP contribution in [0.4, 0.5) is 0 Å². The van der Waals surface area contributed by atoms with Crippen LogP contribution < -0.4 is 5.73 Å². The number of rotatable bonds is 6. The largest absolute Gasteiger partial charge is 0.387 e. The predicted octanol–water partition coefficient (Wildman–Crippen LogP) is 0.165. The Labute approximate surface area is 107 Å². The number of nitrogens with zero attached hydrogens (tertiary/aromatic N) is 2. The van der Waals surface area contributed by atoms with Crippen molar-refractivity contribution in [3.05, 3.63) is 12.0 Å². The van der Waals surface area contributed by atoms with E-state index in [1.807, 2.05) is 6.92 Å². The lowest BCUT2D eigenvalue weighted by Gasteiger charge is -2.19. The lowest BCUT2D eigenvalue weighted by atomic mass is 10.2. The van der Waals surface area contributed by atoms with E-state index < -0.39 is 10.0 Å². The number of aryl methyl sites for hydroxylation is 1. The number of sulfonamides is 1. The third kappa shape index (κ3) is 3.08. The summed E-state index contributed by atoms with van der Waals surface area (Å²) >= 11 is 0. The van der Waals surface area contributed by atoms with E-state index >= 15 is 0 Å². The zero-order valence-electron chi connectivity index (χ0n) is 10.8. The first kappa shape index (κ1) is 14.7. The molecular formula is C10H19N5O2S. The average molecular weight is 273 g/mol. The van der Waals surface area contributed by atoms with Crippen LogP contribution in [0.15, 0.2) is 11.2 Å². The summed E-state index contributed by atoms with van der Waals surface area (Å²) in [5, 5.41) is 7.34. The molecular weight excluding hydrogens is 254 g/mol. The summed E-state index contributed by atoms with van der Waals surface area (Å²) in [4.78, 5) is 6.73. The summed E-state index contributed by atoms with van der Waals surface area (Å²) in [5.74, 6) is 0.274. The number of imidazole rings is 1. The fraction of sp³-hybridized carbons (Fsp3) is 0.600.